The van der Waals surface area contributed by atoms with Gasteiger partial charge < -0.3 is 15.0 Å². The van der Waals surface area contributed by atoms with Gasteiger partial charge in [-0.1, -0.05) is 19.3 Å². The first-order valence-corrected chi connectivity index (χ1v) is 8.31. The Hall–Kier alpha value is -1.10. The molecule has 2 aliphatic rings. The number of amides is 2. The van der Waals surface area contributed by atoms with Gasteiger partial charge in [-0.3, -0.25) is 9.59 Å². The van der Waals surface area contributed by atoms with Crippen LogP contribution in [0.2, 0.25) is 0 Å². The first-order valence-electron chi connectivity index (χ1n) is 8.31. The molecule has 1 aliphatic carbocycles. The molecular weight excluding hydrogens is 268 g/mol. The highest BCUT2D eigenvalue weighted by Crippen LogP contribution is 2.28. The first-order chi connectivity index (χ1) is 10.1. The van der Waals surface area contributed by atoms with Crippen LogP contribution >= 0.6 is 0 Å². The van der Waals surface area contributed by atoms with E-state index in [1.165, 1.54) is 19.3 Å². The summed E-state index contributed by atoms with van der Waals surface area (Å²) in [6.45, 7) is 5.64. The lowest BCUT2D eigenvalue weighted by Gasteiger charge is -2.34. The predicted molar refractivity (Wildman–Crippen MR) is 80.8 cm³/mol. The number of hydrogen-bond acceptors (Lipinski definition) is 3. The Morgan fingerprint density at radius 2 is 2.00 bits per heavy atom. The minimum Gasteiger partial charge on any atom is -0.380 e. The quantitative estimate of drug-likeness (QED) is 0.840. The van der Waals surface area contributed by atoms with Gasteiger partial charge in [0, 0.05) is 19.6 Å². The fourth-order valence-corrected chi connectivity index (χ4v) is 3.42. The number of rotatable bonds is 5. The number of hydrogen-bond donors (Lipinski definition) is 1. The summed E-state index contributed by atoms with van der Waals surface area (Å²) in [4.78, 5) is 26.6. The summed E-state index contributed by atoms with van der Waals surface area (Å²) < 4.78 is 5.45. The summed E-state index contributed by atoms with van der Waals surface area (Å²) in [5, 5.41) is 2.97. The van der Waals surface area contributed by atoms with E-state index in [2.05, 4.69) is 5.32 Å². The molecule has 1 aliphatic heterocycles. The molecule has 5 heteroatoms. The molecule has 1 heterocycles. The van der Waals surface area contributed by atoms with Gasteiger partial charge in [0.1, 0.15) is 6.04 Å². The van der Waals surface area contributed by atoms with E-state index in [9.17, 15) is 9.59 Å². The lowest BCUT2D eigenvalue weighted by Crippen LogP contribution is -2.52. The minimum atomic E-state index is -0.329. The van der Waals surface area contributed by atoms with E-state index in [-0.39, 0.29) is 23.9 Å². The second kappa shape index (κ2) is 7.78. The molecule has 2 fully saturated rings. The van der Waals surface area contributed by atoms with Crippen LogP contribution in [0.4, 0.5) is 0 Å². The molecular formula is C16H28N2O3. The van der Waals surface area contributed by atoms with Gasteiger partial charge in [0.2, 0.25) is 11.8 Å². The van der Waals surface area contributed by atoms with Gasteiger partial charge in [0.05, 0.1) is 12.6 Å². The van der Waals surface area contributed by atoms with E-state index < -0.39 is 0 Å². The Labute approximate surface area is 127 Å². The molecule has 21 heavy (non-hydrogen) atoms. The van der Waals surface area contributed by atoms with Crippen LogP contribution in [0.25, 0.3) is 0 Å². The summed E-state index contributed by atoms with van der Waals surface area (Å²) in [6, 6.07) is -0.305. The number of ether oxygens (including phenoxy) is 1. The fraction of sp³-hybridized carbons (Fsp3) is 0.875. The molecule has 1 N–H and O–H groups in total. The largest absolute Gasteiger partial charge is 0.380 e. The number of nitrogens with zero attached hydrogens (tertiary/aromatic N) is 1. The highest BCUT2D eigenvalue weighted by atomic mass is 16.5. The molecule has 2 atom stereocenters. The van der Waals surface area contributed by atoms with E-state index in [1.807, 2.05) is 18.7 Å². The molecule has 120 valence electrons. The first kappa shape index (κ1) is 16.3. The summed E-state index contributed by atoms with van der Waals surface area (Å²) in [6.07, 6.45) is 6.06. The summed E-state index contributed by atoms with van der Waals surface area (Å²) in [7, 11) is 0. The molecule has 1 saturated carbocycles. The van der Waals surface area contributed by atoms with Crippen LogP contribution in [0.1, 0.15) is 52.4 Å². The third-order valence-corrected chi connectivity index (χ3v) is 4.66. The van der Waals surface area contributed by atoms with Crippen molar-refractivity contribution >= 4 is 11.8 Å². The lowest BCUT2D eigenvalue weighted by molar-refractivity contribution is -0.138. The minimum absolute atomic E-state index is 0.00466. The molecule has 0 aromatic rings. The Morgan fingerprint density at radius 1 is 1.29 bits per heavy atom. The molecule has 2 amide bonds. The summed E-state index contributed by atoms with van der Waals surface area (Å²) in [5.41, 5.74) is 0. The van der Waals surface area contributed by atoms with Crippen molar-refractivity contribution in [3.8, 4) is 0 Å². The van der Waals surface area contributed by atoms with Crippen molar-refractivity contribution in [1.82, 2.24) is 10.2 Å². The van der Waals surface area contributed by atoms with Gasteiger partial charge in [-0.2, -0.15) is 0 Å². The van der Waals surface area contributed by atoms with Gasteiger partial charge in [0.15, 0.2) is 0 Å². The average molecular weight is 296 g/mol. The lowest BCUT2D eigenvalue weighted by atomic mass is 9.83. The highest BCUT2D eigenvalue weighted by Gasteiger charge is 2.37. The maximum Gasteiger partial charge on any atom is 0.245 e. The van der Waals surface area contributed by atoms with Crippen LogP contribution in [0.3, 0.4) is 0 Å². The molecule has 0 bridgehead atoms. The van der Waals surface area contributed by atoms with Crippen LogP contribution in [0.5, 0.6) is 0 Å². The summed E-state index contributed by atoms with van der Waals surface area (Å²) in [5.74, 6) is 0.389. The van der Waals surface area contributed by atoms with E-state index in [0.717, 1.165) is 12.8 Å². The van der Waals surface area contributed by atoms with Crippen molar-refractivity contribution in [2.24, 2.45) is 5.92 Å². The van der Waals surface area contributed by atoms with Crippen molar-refractivity contribution < 1.29 is 14.3 Å². The van der Waals surface area contributed by atoms with Crippen LogP contribution in [-0.2, 0) is 14.3 Å². The predicted octanol–water partition coefficient (Wildman–Crippen LogP) is 1.71. The van der Waals surface area contributed by atoms with Gasteiger partial charge in [-0.05, 0) is 32.6 Å². The monoisotopic (exact) mass is 296 g/mol. The van der Waals surface area contributed by atoms with Gasteiger partial charge in [-0.15, -0.1) is 0 Å². The van der Waals surface area contributed by atoms with Crippen molar-refractivity contribution in [3.63, 3.8) is 0 Å². The van der Waals surface area contributed by atoms with Crippen LogP contribution in [-0.4, -0.2) is 48.6 Å². The Bertz CT molecular complexity index is 367. The van der Waals surface area contributed by atoms with Crippen molar-refractivity contribution in [2.45, 2.75) is 64.5 Å². The summed E-state index contributed by atoms with van der Waals surface area (Å²) >= 11 is 0. The Balaban J connectivity index is 2.07. The standard InChI is InChI=1S/C16H28N2O3/c1-3-21-11-12(2)18-10-9-14(19)17-15(16(18)20)13-7-5-4-6-8-13/h12-13,15H,3-11H2,1-2H3,(H,17,19). The van der Waals surface area contributed by atoms with Crippen LogP contribution in [0, 0.1) is 5.92 Å². The van der Waals surface area contributed by atoms with Crippen LogP contribution < -0.4 is 5.32 Å². The van der Waals surface area contributed by atoms with Crippen molar-refractivity contribution in [2.75, 3.05) is 19.8 Å². The fourth-order valence-electron chi connectivity index (χ4n) is 3.42. The van der Waals surface area contributed by atoms with E-state index in [0.29, 0.717) is 32.1 Å². The third kappa shape index (κ3) is 4.19. The van der Waals surface area contributed by atoms with Crippen molar-refractivity contribution in [3.05, 3.63) is 0 Å². The Morgan fingerprint density at radius 3 is 2.67 bits per heavy atom. The SMILES string of the molecule is CCOCC(C)N1CCC(=O)NC(C2CCCCC2)C1=O. The molecule has 2 unspecified atom stereocenters. The number of carbonyl (C=O) groups excluding carboxylic acids is 2. The number of nitrogens with one attached hydrogen (secondary N) is 1. The number of carbonyl (C=O) groups is 2. The molecule has 5 nitrogen and oxygen atoms in total. The zero-order chi connectivity index (χ0) is 15.2. The smallest absolute Gasteiger partial charge is 0.245 e. The average Bonchev–Trinajstić information content (AvgIpc) is 2.65. The van der Waals surface area contributed by atoms with E-state index >= 15 is 0 Å². The third-order valence-electron chi connectivity index (χ3n) is 4.66. The van der Waals surface area contributed by atoms with Crippen LogP contribution in [0.15, 0.2) is 0 Å². The maximum atomic E-state index is 12.9. The maximum absolute atomic E-state index is 12.9. The van der Waals surface area contributed by atoms with Gasteiger partial charge in [0.25, 0.3) is 0 Å². The van der Waals surface area contributed by atoms with E-state index in [4.69, 9.17) is 4.74 Å². The molecule has 0 radical (unpaired) electrons. The molecule has 0 spiro atoms. The van der Waals surface area contributed by atoms with E-state index in [1.54, 1.807) is 0 Å². The zero-order valence-electron chi connectivity index (χ0n) is 13.3. The molecule has 0 aromatic heterocycles. The second-order valence-electron chi connectivity index (χ2n) is 6.23. The zero-order valence-corrected chi connectivity index (χ0v) is 13.3. The molecule has 1 saturated heterocycles. The highest BCUT2D eigenvalue weighted by molar-refractivity contribution is 5.90. The van der Waals surface area contributed by atoms with Gasteiger partial charge >= 0.3 is 0 Å². The Kier molecular flexibility index (Phi) is 6.03. The topological polar surface area (TPSA) is 58.6 Å². The molecule has 2 rings (SSSR count). The molecule has 0 aromatic carbocycles. The van der Waals surface area contributed by atoms with Gasteiger partial charge in [-0.25, -0.2) is 0 Å². The van der Waals surface area contributed by atoms with Crippen molar-refractivity contribution in [1.29, 1.82) is 0 Å². The normalized spacial score (nSPS) is 26.4. The second-order valence-corrected chi connectivity index (χ2v) is 6.23.